The fraction of sp³-hybridized carbons (Fsp3) is 0.0303. The van der Waals surface area contributed by atoms with Crippen molar-refractivity contribution in [1.82, 2.24) is 4.98 Å². The Labute approximate surface area is 215 Å². The van der Waals surface area contributed by atoms with Crippen LogP contribution in [-0.4, -0.2) is 10.1 Å². The topological polar surface area (TPSA) is 36.0 Å². The predicted octanol–water partition coefficient (Wildman–Crippen LogP) is 8.44. The summed E-state index contributed by atoms with van der Waals surface area (Å²) in [5.41, 5.74) is 6.11. The van der Waals surface area contributed by atoms with Crippen molar-refractivity contribution < 1.29 is 5.11 Å². The monoisotopic (exact) mass is 485 g/mol. The molecule has 6 rings (SSSR count). The van der Waals surface area contributed by atoms with E-state index < -0.39 is 5.60 Å². The normalized spacial score (nSPS) is 12.9. The minimum absolute atomic E-state index is 0.629. The third kappa shape index (κ3) is 3.91. The van der Waals surface area contributed by atoms with E-state index in [-0.39, 0.29) is 0 Å². The number of fused-ring (bicyclic) bond motifs is 1. The van der Waals surface area contributed by atoms with Crippen LogP contribution < -0.4 is 0 Å². The molecule has 36 heavy (non-hydrogen) atoms. The molecule has 1 unspecified atom stereocenters. The molecule has 1 aromatic heterocycles. The van der Waals surface area contributed by atoms with Crippen LogP contribution in [0.4, 0.5) is 0 Å². The van der Waals surface area contributed by atoms with Crippen molar-refractivity contribution in [3.05, 3.63) is 155 Å². The zero-order valence-electron chi connectivity index (χ0n) is 19.5. The number of halogens is 1. The Morgan fingerprint density at radius 3 is 1.92 bits per heavy atom. The Morgan fingerprint density at radius 2 is 1.19 bits per heavy atom. The number of aromatic amines is 1. The van der Waals surface area contributed by atoms with E-state index in [1.807, 2.05) is 84.9 Å². The first-order chi connectivity index (χ1) is 17.6. The Balaban J connectivity index is 1.58. The van der Waals surface area contributed by atoms with Crippen LogP contribution in [0, 0.1) is 0 Å². The van der Waals surface area contributed by atoms with E-state index in [9.17, 15) is 5.11 Å². The fourth-order valence-electron chi connectivity index (χ4n) is 4.96. The summed E-state index contributed by atoms with van der Waals surface area (Å²) in [4.78, 5) is 3.55. The largest absolute Gasteiger partial charge is 0.376 e. The summed E-state index contributed by atoms with van der Waals surface area (Å²) in [5, 5.41) is 14.4. The number of hydrogen-bond donors (Lipinski definition) is 2. The van der Waals surface area contributed by atoms with Crippen molar-refractivity contribution >= 4 is 22.5 Å². The van der Waals surface area contributed by atoms with Crippen LogP contribution >= 0.6 is 11.6 Å². The fourth-order valence-corrected chi connectivity index (χ4v) is 5.09. The van der Waals surface area contributed by atoms with E-state index in [0.717, 1.165) is 50.0 Å². The van der Waals surface area contributed by atoms with E-state index in [1.165, 1.54) is 0 Å². The Bertz CT molecular complexity index is 1640. The van der Waals surface area contributed by atoms with Crippen LogP contribution in [0.2, 0.25) is 5.02 Å². The van der Waals surface area contributed by atoms with Gasteiger partial charge in [-0.2, -0.15) is 0 Å². The molecule has 5 aromatic carbocycles. The molecular formula is C33H24ClNO. The van der Waals surface area contributed by atoms with Crippen LogP contribution in [0.5, 0.6) is 0 Å². The minimum atomic E-state index is -1.40. The minimum Gasteiger partial charge on any atom is -0.376 e. The van der Waals surface area contributed by atoms with Gasteiger partial charge in [-0.05, 0) is 52.1 Å². The van der Waals surface area contributed by atoms with Gasteiger partial charge < -0.3 is 10.1 Å². The lowest BCUT2D eigenvalue weighted by molar-refractivity contribution is 0.126. The van der Waals surface area contributed by atoms with Crippen LogP contribution in [0.15, 0.2) is 133 Å². The van der Waals surface area contributed by atoms with E-state index in [2.05, 4.69) is 53.5 Å². The molecule has 0 aliphatic carbocycles. The van der Waals surface area contributed by atoms with Gasteiger partial charge in [0.05, 0.1) is 0 Å². The smallest absolute Gasteiger partial charge is 0.141 e. The van der Waals surface area contributed by atoms with Gasteiger partial charge in [-0.25, -0.2) is 0 Å². The molecule has 2 N–H and O–H groups in total. The summed E-state index contributed by atoms with van der Waals surface area (Å²) in [6.45, 7) is 0. The number of benzene rings is 5. The van der Waals surface area contributed by atoms with Gasteiger partial charge in [0.2, 0.25) is 0 Å². The van der Waals surface area contributed by atoms with Crippen LogP contribution in [0.3, 0.4) is 0 Å². The second kappa shape index (κ2) is 9.16. The van der Waals surface area contributed by atoms with Gasteiger partial charge in [-0.3, -0.25) is 0 Å². The van der Waals surface area contributed by atoms with E-state index in [1.54, 1.807) is 0 Å². The first-order valence-corrected chi connectivity index (χ1v) is 12.3. The van der Waals surface area contributed by atoms with Crippen molar-refractivity contribution in [2.75, 3.05) is 0 Å². The lowest BCUT2D eigenvalue weighted by Crippen LogP contribution is -2.29. The van der Waals surface area contributed by atoms with Gasteiger partial charge in [0.1, 0.15) is 5.60 Å². The summed E-state index contributed by atoms with van der Waals surface area (Å²) in [6.07, 6.45) is 0. The highest BCUT2D eigenvalue weighted by atomic mass is 35.5. The number of aromatic nitrogens is 1. The molecular weight excluding hydrogens is 462 g/mol. The molecule has 0 radical (unpaired) electrons. The molecule has 6 aromatic rings. The van der Waals surface area contributed by atoms with Crippen LogP contribution in [-0.2, 0) is 5.60 Å². The van der Waals surface area contributed by atoms with Crippen molar-refractivity contribution in [2.24, 2.45) is 0 Å². The molecule has 0 bridgehead atoms. The van der Waals surface area contributed by atoms with Gasteiger partial charge >= 0.3 is 0 Å². The van der Waals surface area contributed by atoms with Gasteiger partial charge in [0, 0.05) is 27.2 Å². The van der Waals surface area contributed by atoms with Gasteiger partial charge in [0.15, 0.2) is 0 Å². The first kappa shape index (κ1) is 22.4. The Morgan fingerprint density at radius 1 is 0.583 bits per heavy atom. The molecule has 0 aliphatic heterocycles. The van der Waals surface area contributed by atoms with E-state index >= 15 is 0 Å². The number of aliphatic hydroxyl groups is 1. The standard InChI is InChI=1S/C33H24ClNO/c34-28-19-17-26(18-20-28)33(36,30-14-8-7-13-29(30)23-9-3-1-4-10-23)27-16-15-25-21-31(35-32(25)22-27)24-11-5-2-6-12-24/h1-22,35-36H. The highest BCUT2D eigenvalue weighted by Gasteiger charge is 2.36. The Kier molecular flexibility index (Phi) is 5.69. The second-order valence-electron chi connectivity index (χ2n) is 8.98. The van der Waals surface area contributed by atoms with Crippen molar-refractivity contribution in [3.8, 4) is 22.4 Å². The lowest BCUT2D eigenvalue weighted by Gasteiger charge is -2.32. The molecule has 3 heteroatoms. The summed E-state index contributed by atoms with van der Waals surface area (Å²) in [5.74, 6) is 0. The number of rotatable bonds is 5. The average Bonchev–Trinajstić information content (AvgIpc) is 3.38. The third-order valence-corrected chi connectivity index (χ3v) is 7.04. The molecule has 2 nitrogen and oxygen atoms in total. The third-order valence-electron chi connectivity index (χ3n) is 6.79. The van der Waals surface area contributed by atoms with Gasteiger partial charge in [0.25, 0.3) is 0 Å². The molecule has 1 atom stereocenters. The quantitative estimate of drug-likeness (QED) is 0.236. The molecule has 174 valence electrons. The van der Waals surface area contributed by atoms with E-state index in [0.29, 0.717) is 5.02 Å². The maximum Gasteiger partial charge on any atom is 0.141 e. The van der Waals surface area contributed by atoms with Crippen LogP contribution in [0.25, 0.3) is 33.3 Å². The van der Waals surface area contributed by atoms with Crippen molar-refractivity contribution in [1.29, 1.82) is 0 Å². The molecule has 0 aliphatic rings. The highest BCUT2D eigenvalue weighted by molar-refractivity contribution is 6.30. The van der Waals surface area contributed by atoms with Gasteiger partial charge in [-0.15, -0.1) is 0 Å². The summed E-state index contributed by atoms with van der Waals surface area (Å²) < 4.78 is 0. The molecule has 0 amide bonds. The van der Waals surface area contributed by atoms with E-state index in [4.69, 9.17) is 11.6 Å². The van der Waals surface area contributed by atoms with Gasteiger partial charge in [-0.1, -0.05) is 121 Å². The predicted molar refractivity (Wildman–Crippen MR) is 149 cm³/mol. The average molecular weight is 486 g/mol. The summed E-state index contributed by atoms with van der Waals surface area (Å²) in [6, 6.07) is 44.2. The highest BCUT2D eigenvalue weighted by Crippen LogP contribution is 2.42. The molecule has 1 heterocycles. The maximum absolute atomic E-state index is 12.7. The molecule has 0 saturated heterocycles. The van der Waals surface area contributed by atoms with Crippen LogP contribution in [0.1, 0.15) is 16.7 Å². The van der Waals surface area contributed by atoms with Crippen molar-refractivity contribution in [3.63, 3.8) is 0 Å². The number of H-pyrrole nitrogens is 1. The van der Waals surface area contributed by atoms with Crippen molar-refractivity contribution in [2.45, 2.75) is 5.60 Å². The summed E-state index contributed by atoms with van der Waals surface area (Å²) in [7, 11) is 0. The summed E-state index contributed by atoms with van der Waals surface area (Å²) >= 11 is 6.23. The number of nitrogens with one attached hydrogen (secondary N) is 1. The zero-order chi connectivity index (χ0) is 24.5. The maximum atomic E-state index is 12.7. The SMILES string of the molecule is OC(c1ccc(Cl)cc1)(c1ccc2cc(-c3ccccc3)[nH]c2c1)c1ccccc1-c1ccccc1. The Hall–Kier alpha value is -4.11. The first-order valence-electron chi connectivity index (χ1n) is 11.9. The number of hydrogen-bond acceptors (Lipinski definition) is 1. The zero-order valence-corrected chi connectivity index (χ0v) is 20.3. The molecule has 0 fully saturated rings. The molecule has 0 saturated carbocycles. The second-order valence-corrected chi connectivity index (χ2v) is 9.42. The lowest BCUT2D eigenvalue weighted by atomic mass is 9.77. The molecule has 0 spiro atoms.